The molecule has 0 aromatic heterocycles. The Kier molecular flexibility index (Phi) is 5.65. The maximum Gasteiger partial charge on any atom is 0.269 e. The summed E-state index contributed by atoms with van der Waals surface area (Å²) in [5, 5.41) is 10.9. The Labute approximate surface area is 120 Å². The van der Waals surface area contributed by atoms with Gasteiger partial charge in [0.05, 0.1) is 4.92 Å². The molecule has 112 valence electrons. The Morgan fingerprint density at radius 2 is 2.10 bits per heavy atom. The molecule has 0 aliphatic heterocycles. The van der Waals surface area contributed by atoms with Crippen LogP contribution in [-0.2, 0) is 0 Å². The first-order valence-corrected chi connectivity index (χ1v) is 6.99. The van der Waals surface area contributed by atoms with E-state index in [1.165, 1.54) is 6.07 Å². The first-order chi connectivity index (χ1) is 9.30. The third-order valence-electron chi connectivity index (χ3n) is 3.70. The minimum atomic E-state index is -0.351. The Morgan fingerprint density at radius 1 is 1.45 bits per heavy atom. The number of nitro benzene ring substituents is 1. The molecule has 1 aromatic rings. The number of nitrogens with two attached hydrogens (primary N) is 1. The fourth-order valence-electron chi connectivity index (χ4n) is 2.25. The van der Waals surface area contributed by atoms with Crippen molar-refractivity contribution in [2.24, 2.45) is 11.1 Å². The van der Waals surface area contributed by atoms with Crippen molar-refractivity contribution in [3.8, 4) is 0 Å². The predicted octanol–water partition coefficient (Wildman–Crippen LogP) is 2.96. The molecule has 1 atom stereocenters. The Morgan fingerprint density at radius 3 is 2.60 bits per heavy atom. The summed E-state index contributed by atoms with van der Waals surface area (Å²) in [7, 11) is 0. The van der Waals surface area contributed by atoms with E-state index in [1.54, 1.807) is 12.1 Å². The molecule has 0 amide bonds. The molecule has 0 heterocycles. The van der Waals surface area contributed by atoms with E-state index in [0.29, 0.717) is 6.54 Å². The predicted molar refractivity (Wildman–Crippen MR) is 81.6 cm³/mol. The van der Waals surface area contributed by atoms with Crippen LogP contribution in [0.25, 0.3) is 0 Å². The Hall–Kier alpha value is -1.46. The average molecular weight is 279 g/mol. The second kappa shape index (κ2) is 6.81. The number of benzene rings is 1. The van der Waals surface area contributed by atoms with Crippen molar-refractivity contribution in [1.29, 1.82) is 0 Å². The lowest BCUT2D eigenvalue weighted by molar-refractivity contribution is -0.384. The summed E-state index contributed by atoms with van der Waals surface area (Å²) in [6.45, 7) is 10.8. The lowest BCUT2D eigenvalue weighted by Crippen LogP contribution is -2.39. The van der Waals surface area contributed by atoms with Crippen LogP contribution in [0.3, 0.4) is 0 Å². The van der Waals surface area contributed by atoms with Crippen LogP contribution < -0.4 is 5.73 Å². The number of nitrogens with zero attached hydrogens (tertiary/aromatic N) is 2. The summed E-state index contributed by atoms with van der Waals surface area (Å²) >= 11 is 0. The van der Waals surface area contributed by atoms with E-state index < -0.39 is 0 Å². The van der Waals surface area contributed by atoms with Crippen LogP contribution in [0.5, 0.6) is 0 Å². The van der Waals surface area contributed by atoms with Crippen molar-refractivity contribution >= 4 is 5.69 Å². The third kappa shape index (κ3) is 4.28. The van der Waals surface area contributed by atoms with E-state index in [-0.39, 0.29) is 22.1 Å². The van der Waals surface area contributed by atoms with Gasteiger partial charge in [-0.2, -0.15) is 0 Å². The van der Waals surface area contributed by atoms with Crippen LogP contribution in [0.4, 0.5) is 5.69 Å². The highest BCUT2D eigenvalue weighted by atomic mass is 16.6. The van der Waals surface area contributed by atoms with Gasteiger partial charge in [-0.3, -0.25) is 15.0 Å². The molecule has 20 heavy (non-hydrogen) atoms. The summed E-state index contributed by atoms with van der Waals surface area (Å²) in [4.78, 5) is 12.8. The SMILES string of the molecule is CCN(CC(C)(C)CN)C(C)c1cccc([N+](=O)[O-])c1. The molecular formula is C15H25N3O2. The molecule has 1 rings (SSSR count). The Balaban J connectivity index is 2.93. The van der Waals surface area contributed by atoms with Crippen molar-refractivity contribution in [2.75, 3.05) is 19.6 Å². The molecule has 0 saturated heterocycles. The first kappa shape index (κ1) is 16.6. The molecular weight excluding hydrogens is 254 g/mol. The van der Waals surface area contributed by atoms with Gasteiger partial charge in [-0.25, -0.2) is 0 Å². The molecule has 0 bridgehead atoms. The number of hydrogen-bond donors (Lipinski definition) is 1. The molecule has 0 aliphatic carbocycles. The molecule has 2 N–H and O–H groups in total. The fraction of sp³-hybridized carbons (Fsp3) is 0.600. The van der Waals surface area contributed by atoms with Gasteiger partial charge in [-0.15, -0.1) is 0 Å². The second-order valence-corrected chi connectivity index (χ2v) is 5.96. The molecule has 1 unspecified atom stereocenters. The maximum atomic E-state index is 10.9. The minimum absolute atomic E-state index is 0.0327. The highest BCUT2D eigenvalue weighted by Gasteiger charge is 2.24. The lowest BCUT2D eigenvalue weighted by Gasteiger charge is -2.35. The molecule has 0 spiro atoms. The van der Waals surface area contributed by atoms with Gasteiger partial charge in [-0.05, 0) is 31.0 Å². The highest BCUT2D eigenvalue weighted by Crippen LogP contribution is 2.26. The number of hydrogen-bond acceptors (Lipinski definition) is 4. The van der Waals surface area contributed by atoms with E-state index in [4.69, 9.17) is 5.73 Å². The van der Waals surface area contributed by atoms with Crippen LogP contribution in [0.15, 0.2) is 24.3 Å². The number of rotatable bonds is 7. The van der Waals surface area contributed by atoms with Gasteiger partial charge in [0, 0.05) is 24.7 Å². The molecule has 5 nitrogen and oxygen atoms in total. The second-order valence-electron chi connectivity index (χ2n) is 5.96. The van der Waals surface area contributed by atoms with E-state index in [0.717, 1.165) is 18.7 Å². The smallest absolute Gasteiger partial charge is 0.269 e. The maximum absolute atomic E-state index is 10.9. The molecule has 0 fully saturated rings. The monoisotopic (exact) mass is 279 g/mol. The van der Waals surface area contributed by atoms with E-state index in [9.17, 15) is 10.1 Å². The summed E-state index contributed by atoms with van der Waals surface area (Å²) < 4.78 is 0. The molecule has 0 saturated carbocycles. The van der Waals surface area contributed by atoms with Crippen LogP contribution in [-0.4, -0.2) is 29.5 Å². The molecule has 0 aliphatic rings. The summed E-state index contributed by atoms with van der Waals surface area (Å²) in [5.74, 6) is 0. The van der Waals surface area contributed by atoms with Gasteiger partial charge in [-0.1, -0.05) is 32.9 Å². The zero-order chi connectivity index (χ0) is 15.3. The Bertz CT molecular complexity index is 460. The van der Waals surface area contributed by atoms with Crippen molar-refractivity contribution < 1.29 is 4.92 Å². The van der Waals surface area contributed by atoms with Gasteiger partial charge in [0.1, 0.15) is 0 Å². The van der Waals surface area contributed by atoms with Crippen molar-refractivity contribution in [2.45, 2.75) is 33.7 Å². The van der Waals surface area contributed by atoms with Gasteiger partial charge in [0.15, 0.2) is 0 Å². The quantitative estimate of drug-likeness (QED) is 0.615. The number of nitro groups is 1. The first-order valence-electron chi connectivity index (χ1n) is 6.99. The van der Waals surface area contributed by atoms with Gasteiger partial charge in [0.25, 0.3) is 5.69 Å². The number of non-ortho nitro benzene ring substituents is 1. The van der Waals surface area contributed by atoms with Crippen LogP contribution in [0.1, 0.15) is 39.3 Å². The summed E-state index contributed by atoms with van der Waals surface area (Å²) in [5.41, 5.74) is 6.94. The largest absolute Gasteiger partial charge is 0.330 e. The van der Waals surface area contributed by atoms with Gasteiger partial charge < -0.3 is 5.73 Å². The van der Waals surface area contributed by atoms with E-state index >= 15 is 0 Å². The van der Waals surface area contributed by atoms with Crippen LogP contribution in [0.2, 0.25) is 0 Å². The summed E-state index contributed by atoms with van der Waals surface area (Å²) in [6.07, 6.45) is 0. The highest BCUT2D eigenvalue weighted by molar-refractivity contribution is 5.35. The zero-order valence-corrected chi connectivity index (χ0v) is 12.8. The summed E-state index contributed by atoms with van der Waals surface area (Å²) in [6, 6.07) is 6.99. The topological polar surface area (TPSA) is 72.4 Å². The molecule has 1 aromatic carbocycles. The van der Waals surface area contributed by atoms with Gasteiger partial charge >= 0.3 is 0 Å². The van der Waals surface area contributed by atoms with E-state index in [1.807, 2.05) is 6.07 Å². The zero-order valence-electron chi connectivity index (χ0n) is 12.8. The molecule has 5 heteroatoms. The fourth-order valence-corrected chi connectivity index (χ4v) is 2.25. The standard InChI is InChI=1S/C15H25N3O2/c1-5-17(11-15(3,4)10-16)12(2)13-7-6-8-14(9-13)18(19)20/h6-9,12H,5,10-11,16H2,1-4H3. The van der Waals surface area contributed by atoms with Crippen LogP contribution in [0, 0.1) is 15.5 Å². The van der Waals surface area contributed by atoms with Crippen molar-refractivity contribution in [1.82, 2.24) is 4.90 Å². The van der Waals surface area contributed by atoms with Crippen LogP contribution >= 0.6 is 0 Å². The minimum Gasteiger partial charge on any atom is -0.330 e. The normalized spacial score (nSPS) is 13.5. The van der Waals surface area contributed by atoms with Crippen molar-refractivity contribution in [3.05, 3.63) is 39.9 Å². The lowest BCUT2D eigenvalue weighted by atomic mass is 9.92. The average Bonchev–Trinajstić information content (AvgIpc) is 2.44. The van der Waals surface area contributed by atoms with E-state index in [2.05, 4.69) is 32.6 Å². The third-order valence-corrected chi connectivity index (χ3v) is 3.70. The van der Waals surface area contributed by atoms with Crippen molar-refractivity contribution in [3.63, 3.8) is 0 Å². The molecule has 0 radical (unpaired) electrons. The van der Waals surface area contributed by atoms with Gasteiger partial charge in [0.2, 0.25) is 0 Å².